The molecule has 0 aliphatic rings. The molecule has 0 radical (unpaired) electrons. The van der Waals surface area contributed by atoms with E-state index in [0.717, 1.165) is 6.20 Å². The summed E-state index contributed by atoms with van der Waals surface area (Å²) in [7, 11) is 0. The number of hydrogen-bond donors (Lipinski definition) is 2. The van der Waals surface area contributed by atoms with Crippen LogP contribution in [0.15, 0.2) is 18.3 Å². The van der Waals surface area contributed by atoms with Gasteiger partial charge >= 0.3 is 5.97 Å². The normalized spacial score (nSPS) is 12.4. The Balaban J connectivity index is 2.56. The van der Waals surface area contributed by atoms with Gasteiger partial charge in [0.25, 0.3) is 0 Å². The molecule has 1 atom stereocenters. The number of nitrogens with two attached hydrogens (primary N) is 1. The predicted molar refractivity (Wildman–Crippen MR) is 48.0 cm³/mol. The topological polar surface area (TPSA) is 76.2 Å². The lowest BCUT2D eigenvalue weighted by atomic mass is 10.1. The lowest BCUT2D eigenvalue weighted by molar-refractivity contribution is -0.137. The Morgan fingerprint density at radius 2 is 2.36 bits per heavy atom. The maximum absolute atomic E-state index is 12.5. The number of carboxylic acids is 1. The minimum absolute atomic E-state index is 0.0137. The molecule has 0 bridgehead atoms. The average Bonchev–Trinajstić information content (AvgIpc) is 2.15. The molecule has 0 fully saturated rings. The van der Waals surface area contributed by atoms with Crippen molar-refractivity contribution >= 4 is 5.97 Å². The van der Waals surface area contributed by atoms with Gasteiger partial charge in [-0.05, 0) is 18.6 Å². The summed E-state index contributed by atoms with van der Waals surface area (Å²) in [5.74, 6) is -1.33. The number of pyridine rings is 1. The lowest BCUT2D eigenvalue weighted by Crippen LogP contribution is -2.13. The summed E-state index contributed by atoms with van der Waals surface area (Å²) in [6.07, 6.45) is 1.35. The van der Waals surface area contributed by atoms with Crippen LogP contribution >= 0.6 is 0 Å². The van der Waals surface area contributed by atoms with Crippen LogP contribution in [0.25, 0.3) is 0 Å². The van der Waals surface area contributed by atoms with E-state index in [-0.39, 0.29) is 6.42 Å². The van der Waals surface area contributed by atoms with Crippen molar-refractivity contribution in [1.29, 1.82) is 0 Å². The molecule has 1 heterocycles. The van der Waals surface area contributed by atoms with Gasteiger partial charge in [-0.15, -0.1) is 0 Å². The van der Waals surface area contributed by atoms with Crippen molar-refractivity contribution in [3.05, 3.63) is 29.8 Å². The van der Waals surface area contributed by atoms with Gasteiger partial charge < -0.3 is 10.8 Å². The Bertz CT molecular complexity index is 313. The molecule has 0 spiro atoms. The summed E-state index contributed by atoms with van der Waals surface area (Å²) in [5.41, 5.74) is 6.15. The fourth-order valence-corrected chi connectivity index (χ4v) is 1.03. The molecular weight excluding hydrogens is 187 g/mol. The maximum atomic E-state index is 12.5. The molecule has 0 saturated carbocycles. The third-order valence-corrected chi connectivity index (χ3v) is 1.80. The zero-order valence-corrected chi connectivity index (χ0v) is 7.48. The van der Waals surface area contributed by atoms with Crippen molar-refractivity contribution in [1.82, 2.24) is 4.98 Å². The second kappa shape index (κ2) is 4.66. The van der Waals surface area contributed by atoms with Crippen LogP contribution in [0.3, 0.4) is 0 Å². The second-order valence-electron chi connectivity index (χ2n) is 2.94. The highest BCUT2D eigenvalue weighted by Crippen LogP contribution is 2.13. The molecule has 0 unspecified atom stereocenters. The Labute approximate surface area is 80.6 Å². The monoisotopic (exact) mass is 198 g/mol. The van der Waals surface area contributed by atoms with Crippen LogP contribution in [-0.4, -0.2) is 16.1 Å². The Kier molecular flexibility index (Phi) is 3.53. The molecular formula is C9H11FN2O2. The molecule has 76 valence electrons. The SMILES string of the molecule is N[C@@H](CCC(=O)O)c1ccc(F)cn1. The first-order valence-corrected chi connectivity index (χ1v) is 4.18. The van der Waals surface area contributed by atoms with Gasteiger partial charge in [-0.1, -0.05) is 0 Å². The number of nitrogens with zero attached hydrogens (tertiary/aromatic N) is 1. The molecule has 5 heteroatoms. The number of carbonyl (C=O) groups is 1. The van der Waals surface area contributed by atoms with Gasteiger partial charge in [0.2, 0.25) is 0 Å². The number of aromatic nitrogens is 1. The molecule has 0 saturated heterocycles. The largest absolute Gasteiger partial charge is 0.481 e. The van der Waals surface area contributed by atoms with Crippen LogP contribution in [0.4, 0.5) is 4.39 Å². The maximum Gasteiger partial charge on any atom is 0.303 e. The van der Waals surface area contributed by atoms with Crippen LogP contribution in [0.5, 0.6) is 0 Å². The van der Waals surface area contributed by atoms with Crippen LogP contribution in [0.2, 0.25) is 0 Å². The molecule has 0 aliphatic carbocycles. The van der Waals surface area contributed by atoms with Crippen molar-refractivity contribution in [3.63, 3.8) is 0 Å². The highest BCUT2D eigenvalue weighted by Gasteiger charge is 2.09. The first kappa shape index (κ1) is 10.6. The Morgan fingerprint density at radius 1 is 1.64 bits per heavy atom. The number of rotatable bonds is 4. The zero-order chi connectivity index (χ0) is 10.6. The third-order valence-electron chi connectivity index (χ3n) is 1.80. The van der Waals surface area contributed by atoms with Crippen molar-refractivity contribution < 1.29 is 14.3 Å². The first-order valence-electron chi connectivity index (χ1n) is 4.18. The quantitative estimate of drug-likeness (QED) is 0.759. The van der Waals surface area contributed by atoms with Crippen LogP contribution in [0.1, 0.15) is 24.6 Å². The van der Waals surface area contributed by atoms with Crippen molar-refractivity contribution in [3.8, 4) is 0 Å². The number of aliphatic carboxylic acids is 1. The lowest BCUT2D eigenvalue weighted by Gasteiger charge is -2.08. The van der Waals surface area contributed by atoms with E-state index in [1.807, 2.05) is 0 Å². The van der Waals surface area contributed by atoms with E-state index >= 15 is 0 Å². The summed E-state index contributed by atoms with van der Waals surface area (Å²) in [6, 6.07) is 2.26. The van der Waals surface area contributed by atoms with Gasteiger partial charge in [0, 0.05) is 12.5 Å². The zero-order valence-electron chi connectivity index (χ0n) is 7.48. The van der Waals surface area contributed by atoms with E-state index in [1.165, 1.54) is 12.1 Å². The molecule has 1 aromatic rings. The van der Waals surface area contributed by atoms with Gasteiger partial charge in [0.15, 0.2) is 0 Å². The smallest absolute Gasteiger partial charge is 0.303 e. The van der Waals surface area contributed by atoms with Gasteiger partial charge in [-0.2, -0.15) is 0 Å². The molecule has 14 heavy (non-hydrogen) atoms. The Hall–Kier alpha value is -1.49. The minimum Gasteiger partial charge on any atom is -0.481 e. The summed E-state index contributed by atoms with van der Waals surface area (Å²) in [5, 5.41) is 8.42. The van der Waals surface area contributed by atoms with E-state index < -0.39 is 17.8 Å². The van der Waals surface area contributed by atoms with Gasteiger partial charge in [-0.25, -0.2) is 4.39 Å². The molecule has 4 nitrogen and oxygen atoms in total. The fourth-order valence-electron chi connectivity index (χ4n) is 1.03. The highest BCUT2D eigenvalue weighted by molar-refractivity contribution is 5.66. The van der Waals surface area contributed by atoms with Crippen molar-refractivity contribution in [2.45, 2.75) is 18.9 Å². The molecule has 1 aromatic heterocycles. The molecule has 1 rings (SSSR count). The standard InChI is InChI=1S/C9H11FN2O2/c10-6-1-3-8(12-5-6)7(11)2-4-9(13)14/h1,3,5,7H,2,4,11H2,(H,13,14)/t7-/m0/s1. The van der Waals surface area contributed by atoms with E-state index in [0.29, 0.717) is 12.1 Å². The van der Waals surface area contributed by atoms with E-state index in [9.17, 15) is 9.18 Å². The summed E-state index contributed by atoms with van der Waals surface area (Å²) in [6.45, 7) is 0. The number of carboxylic acid groups (broad SMARTS) is 1. The second-order valence-corrected chi connectivity index (χ2v) is 2.94. The molecule has 0 amide bonds. The van der Waals surface area contributed by atoms with Crippen molar-refractivity contribution in [2.24, 2.45) is 5.73 Å². The van der Waals surface area contributed by atoms with Gasteiger partial charge in [0.1, 0.15) is 5.82 Å². The first-order chi connectivity index (χ1) is 6.59. The minimum atomic E-state index is -0.900. The average molecular weight is 198 g/mol. The van der Waals surface area contributed by atoms with Gasteiger partial charge in [-0.3, -0.25) is 9.78 Å². The van der Waals surface area contributed by atoms with Crippen LogP contribution in [0, 0.1) is 5.82 Å². The molecule has 0 aromatic carbocycles. The third kappa shape index (κ3) is 3.10. The van der Waals surface area contributed by atoms with Crippen molar-refractivity contribution in [2.75, 3.05) is 0 Å². The number of hydrogen-bond acceptors (Lipinski definition) is 3. The fraction of sp³-hybridized carbons (Fsp3) is 0.333. The van der Waals surface area contributed by atoms with E-state index in [2.05, 4.69) is 4.98 Å². The highest BCUT2D eigenvalue weighted by atomic mass is 19.1. The van der Waals surface area contributed by atoms with Crippen LogP contribution < -0.4 is 5.73 Å². The molecule has 3 N–H and O–H groups in total. The summed E-state index contributed by atoms with van der Waals surface area (Å²) < 4.78 is 12.5. The summed E-state index contributed by atoms with van der Waals surface area (Å²) in [4.78, 5) is 14.0. The molecule has 0 aliphatic heterocycles. The van der Waals surface area contributed by atoms with Gasteiger partial charge in [0.05, 0.1) is 11.9 Å². The predicted octanol–water partition coefficient (Wildman–Crippen LogP) is 1.09. The summed E-state index contributed by atoms with van der Waals surface area (Å²) >= 11 is 0. The van der Waals surface area contributed by atoms with E-state index in [4.69, 9.17) is 10.8 Å². The van der Waals surface area contributed by atoms with Crippen LogP contribution in [-0.2, 0) is 4.79 Å². The number of halogens is 1. The Morgan fingerprint density at radius 3 is 2.86 bits per heavy atom. The van der Waals surface area contributed by atoms with E-state index in [1.54, 1.807) is 0 Å².